The van der Waals surface area contributed by atoms with E-state index in [1.807, 2.05) is 54.7 Å². The van der Waals surface area contributed by atoms with E-state index in [-0.39, 0.29) is 29.0 Å². The number of aldehydes is 1. The number of anilines is 1. The number of H-pyrrole nitrogens is 2. The van der Waals surface area contributed by atoms with Crippen molar-refractivity contribution in [1.82, 2.24) is 39.9 Å². The van der Waals surface area contributed by atoms with Crippen LogP contribution in [-0.4, -0.2) is 73.1 Å². The lowest BCUT2D eigenvalue weighted by Gasteiger charge is -2.26. The summed E-state index contributed by atoms with van der Waals surface area (Å²) in [6.45, 7) is 15.3. The van der Waals surface area contributed by atoms with Crippen LogP contribution in [0.25, 0.3) is 22.1 Å². The molecular formula is C72H73F3IN9O3Si. The molecule has 1 aliphatic heterocycles. The molecule has 0 spiro atoms. The highest BCUT2D eigenvalue weighted by Crippen LogP contribution is 2.34. The number of hydrogen-bond donors (Lipinski definition) is 3. The number of alkyl halides is 1. The smallest absolute Gasteiger partial charge is 0.196 e. The monoisotopic (exact) mass is 1320 g/mol. The summed E-state index contributed by atoms with van der Waals surface area (Å²) in [6.07, 6.45) is 17.6. The number of hydrogen-bond acceptors (Lipinski definition) is 10. The molecule has 3 aromatic carbocycles. The second kappa shape index (κ2) is 33.0. The molecule has 12 nitrogen and oxygen atoms in total. The van der Waals surface area contributed by atoms with Crippen molar-refractivity contribution < 1.29 is 27.6 Å². The fourth-order valence-corrected chi connectivity index (χ4v) is 16.3. The Balaban J connectivity index is 0.000000152. The van der Waals surface area contributed by atoms with E-state index in [2.05, 4.69) is 115 Å². The molecule has 0 saturated carbocycles. The zero-order chi connectivity index (χ0) is 63.2. The van der Waals surface area contributed by atoms with E-state index in [0.717, 1.165) is 63.1 Å². The van der Waals surface area contributed by atoms with E-state index in [9.17, 15) is 27.6 Å². The Bertz CT molecular complexity index is 3870. The number of carbonyl (C=O) groups excluding carboxylic acids is 3. The Morgan fingerprint density at radius 1 is 0.506 bits per heavy atom. The van der Waals surface area contributed by atoms with Crippen molar-refractivity contribution in [1.29, 1.82) is 0 Å². The van der Waals surface area contributed by atoms with Gasteiger partial charge in [0.05, 0.1) is 3.92 Å². The van der Waals surface area contributed by atoms with Crippen LogP contribution in [0.4, 0.5) is 19.0 Å². The van der Waals surface area contributed by atoms with Crippen LogP contribution in [0.15, 0.2) is 195 Å². The van der Waals surface area contributed by atoms with E-state index in [1.165, 1.54) is 30.0 Å². The van der Waals surface area contributed by atoms with Crippen molar-refractivity contribution in [2.75, 3.05) is 11.9 Å². The summed E-state index contributed by atoms with van der Waals surface area (Å²) in [5.74, 6) is 0.271. The lowest BCUT2D eigenvalue weighted by atomic mass is 10.0. The number of halogens is 4. The first kappa shape index (κ1) is 66.1. The number of aromatic amines is 2. The average Bonchev–Trinajstić information content (AvgIpc) is 2.46. The highest BCUT2D eigenvalue weighted by atomic mass is 127. The predicted molar refractivity (Wildman–Crippen MR) is 361 cm³/mol. The molecule has 89 heavy (non-hydrogen) atoms. The summed E-state index contributed by atoms with van der Waals surface area (Å²) < 4.78 is 41.3. The van der Waals surface area contributed by atoms with Crippen LogP contribution in [0, 0.1) is 17.5 Å². The average molecular weight is 1320 g/mol. The van der Waals surface area contributed by atoms with Gasteiger partial charge in [0.25, 0.3) is 0 Å². The van der Waals surface area contributed by atoms with Gasteiger partial charge in [-0.05, 0) is 140 Å². The molecule has 1 aliphatic rings. The minimum atomic E-state index is -0.454. The fraction of sp³-hybridized carbons (Fsp3) is 0.236. The van der Waals surface area contributed by atoms with Gasteiger partial charge >= 0.3 is 0 Å². The Morgan fingerprint density at radius 2 is 0.910 bits per heavy atom. The Morgan fingerprint density at radius 3 is 1.27 bits per heavy atom. The molecule has 1 atom stereocenters. The summed E-state index contributed by atoms with van der Waals surface area (Å²) in [7, 11) is -0.454. The molecule has 0 fully saturated rings. The topological polar surface area (TPSA) is 172 Å². The molecular weight excluding hydrogens is 1250 g/mol. The third kappa shape index (κ3) is 18.6. The van der Waals surface area contributed by atoms with Crippen LogP contribution in [0.3, 0.4) is 0 Å². The fourth-order valence-electron chi connectivity index (χ4n) is 11.0. The number of aryl methyl sites for hydroxylation is 6. The third-order valence-corrected chi connectivity index (χ3v) is 21.0. The molecule has 8 aromatic heterocycles. The van der Waals surface area contributed by atoms with Crippen LogP contribution >= 0.6 is 22.6 Å². The van der Waals surface area contributed by atoms with Gasteiger partial charge in [0.1, 0.15) is 34.6 Å². The number of nitrogens with one attached hydrogen (secondary N) is 3. The van der Waals surface area contributed by atoms with Crippen molar-refractivity contribution in [3.05, 3.63) is 280 Å². The molecule has 0 saturated heterocycles. The van der Waals surface area contributed by atoms with E-state index in [0.29, 0.717) is 98.3 Å². The van der Waals surface area contributed by atoms with E-state index >= 15 is 0 Å². The summed E-state index contributed by atoms with van der Waals surface area (Å²) in [4.78, 5) is 67.4. The molecule has 0 amide bonds. The van der Waals surface area contributed by atoms with E-state index in [4.69, 9.17) is 0 Å². The number of ketones is 2. The molecule has 9 heterocycles. The maximum Gasteiger partial charge on any atom is 0.196 e. The highest BCUT2D eigenvalue weighted by molar-refractivity contribution is 14.1. The second-order valence-corrected chi connectivity index (χ2v) is 29.2. The van der Waals surface area contributed by atoms with E-state index in [1.54, 1.807) is 110 Å². The Labute approximate surface area is 533 Å². The van der Waals surface area contributed by atoms with Crippen molar-refractivity contribution in [2.24, 2.45) is 0 Å². The van der Waals surface area contributed by atoms with Gasteiger partial charge in [0.15, 0.2) is 17.9 Å². The molecule has 0 bridgehead atoms. The number of carbonyl (C=O) groups is 3. The van der Waals surface area contributed by atoms with Crippen molar-refractivity contribution in [2.45, 2.75) is 101 Å². The quantitative estimate of drug-likeness (QED) is 0.0262. The summed E-state index contributed by atoms with van der Waals surface area (Å²) in [5, 5.41) is 4.82. The normalized spacial score (nSPS) is 12.2. The van der Waals surface area contributed by atoms with Gasteiger partial charge in [-0.15, -0.1) is 0 Å². The predicted octanol–water partition coefficient (Wildman–Crippen LogP) is 16.5. The van der Waals surface area contributed by atoms with Gasteiger partial charge in [-0.2, -0.15) is 0 Å². The number of pyridine rings is 6. The SMILES string of the molecule is CC(C)[SiH](C(C)C)C(C)C.IC1CNc2ncccc21.O=C(c1ccc(CCc2ccccc2F)nc1)c1c[nH]c2ncccc12.O=C(c1ccc(CCc2ccccc2F)nc1)c1c[nH]c2ncccc12.O=Cc1ccc(CCc2ccccc2F)nc1. The summed E-state index contributed by atoms with van der Waals surface area (Å²) in [6, 6.07) is 42.3. The maximum absolute atomic E-state index is 13.7. The van der Waals surface area contributed by atoms with Gasteiger partial charge in [-0.3, -0.25) is 29.3 Å². The number of aromatic nitrogens is 8. The summed E-state index contributed by atoms with van der Waals surface area (Å²) in [5.41, 5.74) is 12.9. The number of benzene rings is 3. The van der Waals surface area contributed by atoms with Crippen LogP contribution in [0.2, 0.25) is 16.6 Å². The Hall–Kier alpha value is -8.81. The van der Waals surface area contributed by atoms with Crippen molar-refractivity contribution in [3.8, 4) is 0 Å². The van der Waals surface area contributed by atoms with Gasteiger partial charge in [-0.1, -0.05) is 141 Å². The zero-order valence-corrected chi connectivity index (χ0v) is 54.1. The zero-order valence-electron chi connectivity index (χ0n) is 50.8. The lowest BCUT2D eigenvalue weighted by Crippen LogP contribution is -2.24. The number of fused-ring (bicyclic) bond motifs is 3. The first-order valence-electron chi connectivity index (χ1n) is 29.8. The number of rotatable bonds is 17. The second-order valence-electron chi connectivity index (χ2n) is 22.5. The first-order chi connectivity index (χ1) is 43.1. The lowest BCUT2D eigenvalue weighted by molar-refractivity contribution is 0.103. The first-order valence-corrected chi connectivity index (χ1v) is 33.1. The standard InChI is InChI=1S/2C21H16FN3O.C14H12FNO.C9H22Si.C7H7IN2/c2*22-19-6-2-1-4-14(19)7-9-16-10-8-15(12-24-16)20(26)18-13-25-21-17(18)5-3-11-23-21;15-14-4-2-1-3-12(14)6-8-13-7-5-11(10-17)9-16-13;1-7(2)10(8(3)4)9(5)6;8-6-4-10-7-5(6)2-1-3-9-7/h2*1-6,8,10-13H,7,9H2,(H,23,25);1-5,7,9-10H,6,8H2;7-10H,1-6H3;1-3,6H,4H2,(H,9,10). The summed E-state index contributed by atoms with van der Waals surface area (Å²) >= 11 is 2.42. The largest absolute Gasteiger partial charge is 0.368 e. The third-order valence-electron chi connectivity index (χ3n) is 15.3. The van der Waals surface area contributed by atoms with Crippen molar-refractivity contribution in [3.63, 3.8) is 0 Å². The van der Waals surface area contributed by atoms with Crippen LogP contribution in [0.1, 0.15) is 127 Å². The molecule has 1 unspecified atom stereocenters. The minimum Gasteiger partial charge on any atom is -0.368 e. The highest BCUT2D eigenvalue weighted by Gasteiger charge is 2.23. The minimum absolute atomic E-state index is 0.0996. The van der Waals surface area contributed by atoms with Gasteiger partial charge in [-0.25, -0.2) is 28.1 Å². The van der Waals surface area contributed by atoms with E-state index < -0.39 is 8.80 Å². The molecule has 456 valence electrons. The van der Waals surface area contributed by atoms with Crippen LogP contribution in [-0.2, 0) is 38.5 Å². The van der Waals surface area contributed by atoms with Gasteiger partial charge < -0.3 is 15.3 Å². The molecule has 0 aliphatic carbocycles. The van der Waals surface area contributed by atoms with Gasteiger partial charge in [0.2, 0.25) is 0 Å². The molecule has 17 heteroatoms. The number of nitrogens with zero attached hydrogens (tertiary/aromatic N) is 6. The van der Waals surface area contributed by atoms with Crippen LogP contribution < -0.4 is 5.32 Å². The van der Waals surface area contributed by atoms with Crippen molar-refractivity contribution >= 4 is 77.1 Å². The molecule has 12 rings (SSSR count). The molecule has 11 aromatic rings. The van der Waals surface area contributed by atoms with Gasteiger partial charge in [0, 0.05) is 126 Å². The Kier molecular flexibility index (Phi) is 24.5. The maximum atomic E-state index is 13.7. The molecule has 3 N–H and O–H groups in total. The van der Waals surface area contributed by atoms with Crippen LogP contribution in [0.5, 0.6) is 0 Å². The molecule has 0 radical (unpaired) electrons.